The van der Waals surface area contributed by atoms with E-state index in [9.17, 15) is 5.11 Å². The van der Waals surface area contributed by atoms with Crippen LogP contribution in [0.1, 0.15) is 62.8 Å². The first-order chi connectivity index (χ1) is 13.2. The molecule has 5 rings (SSSR count). The predicted octanol–water partition coefficient (Wildman–Crippen LogP) is 3.61. The van der Waals surface area contributed by atoms with Gasteiger partial charge in [0.1, 0.15) is 0 Å². The van der Waals surface area contributed by atoms with Gasteiger partial charge in [-0.15, -0.1) is 0 Å². The minimum atomic E-state index is 0.272. The zero-order chi connectivity index (χ0) is 18.8. The standard InChI is InChI=1S/C22H30N4O/c1-3-15(4-2)20-12-21(25-22(24-20)16-5-8-23-9-6-16)19-13-26-10-7-17(19)11-18(26)14-27/h5-6,8-9,12,15,17-19,27H,3-4,7,10-11,13-14H2,1-2H3/t17-,18+,19-/m0/s1. The summed E-state index contributed by atoms with van der Waals surface area (Å²) >= 11 is 0. The lowest BCUT2D eigenvalue weighted by molar-refractivity contribution is 0.00184. The first-order valence-electron chi connectivity index (χ1n) is 10.4. The number of hydrogen-bond acceptors (Lipinski definition) is 5. The van der Waals surface area contributed by atoms with Gasteiger partial charge in [0.25, 0.3) is 0 Å². The molecule has 1 unspecified atom stereocenters. The first kappa shape index (κ1) is 18.5. The van der Waals surface area contributed by atoms with E-state index in [1.807, 2.05) is 24.5 Å². The van der Waals surface area contributed by atoms with Crippen LogP contribution in [0.3, 0.4) is 0 Å². The molecule has 0 saturated carbocycles. The van der Waals surface area contributed by atoms with E-state index in [0.717, 1.165) is 43.7 Å². The summed E-state index contributed by atoms with van der Waals surface area (Å²) < 4.78 is 0. The molecule has 0 radical (unpaired) electrons. The van der Waals surface area contributed by atoms with Crippen LogP contribution in [-0.4, -0.2) is 50.7 Å². The summed E-state index contributed by atoms with van der Waals surface area (Å²) in [5.74, 6) is 2.35. The summed E-state index contributed by atoms with van der Waals surface area (Å²) in [7, 11) is 0. The minimum absolute atomic E-state index is 0.272. The summed E-state index contributed by atoms with van der Waals surface area (Å²) in [6.45, 7) is 6.86. The summed E-state index contributed by atoms with van der Waals surface area (Å²) in [5, 5.41) is 9.67. The van der Waals surface area contributed by atoms with Crippen molar-refractivity contribution in [3.63, 3.8) is 0 Å². The highest BCUT2D eigenvalue weighted by molar-refractivity contribution is 5.54. The molecule has 2 aromatic rings. The molecule has 5 heterocycles. The number of rotatable bonds is 6. The Bertz CT molecular complexity index is 762. The zero-order valence-corrected chi connectivity index (χ0v) is 16.4. The Kier molecular flexibility index (Phi) is 5.50. The highest BCUT2D eigenvalue weighted by Crippen LogP contribution is 2.42. The second-order valence-electron chi connectivity index (χ2n) is 8.01. The highest BCUT2D eigenvalue weighted by atomic mass is 16.3. The number of aromatic nitrogens is 3. The summed E-state index contributed by atoms with van der Waals surface area (Å²) in [6.07, 6.45) is 8.09. The number of fused-ring (bicyclic) bond motifs is 3. The molecule has 3 fully saturated rings. The molecule has 0 aromatic carbocycles. The van der Waals surface area contributed by atoms with Crippen LogP contribution in [0.25, 0.3) is 11.4 Å². The van der Waals surface area contributed by atoms with Crippen LogP contribution in [0.2, 0.25) is 0 Å². The van der Waals surface area contributed by atoms with Gasteiger partial charge < -0.3 is 5.11 Å². The van der Waals surface area contributed by atoms with Gasteiger partial charge in [-0.2, -0.15) is 0 Å². The SMILES string of the molecule is CCC(CC)c1cc([C@H]2CN3CC[C@H]2C[C@@H]3CO)nc(-c2ccncc2)n1. The fourth-order valence-corrected chi connectivity index (χ4v) is 4.88. The van der Waals surface area contributed by atoms with E-state index in [0.29, 0.717) is 23.8 Å². The Morgan fingerprint density at radius 1 is 1.19 bits per heavy atom. The van der Waals surface area contributed by atoms with Crippen LogP contribution in [0.4, 0.5) is 0 Å². The van der Waals surface area contributed by atoms with Crippen LogP contribution in [0.15, 0.2) is 30.6 Å². The summed E-state index contributed by atoms with van der Waals surface area (Å²) in [4.78, 5) is 16.6. The summed E-state index contributed by atoms with van der Waals surface area (Å²) in [6, 6.07) is 6.59. The van der Waals surface area contributed by atoms with Gasteiger partial charge >= 0.3 is 0 Å². The van der Waals surface area contributed by atoms with Gasteiger partial charge in [-0.1, -0.05) is 13.8 Å². The van der Waals surface area contributed by atoms with Gasteiger partial charge in [0.05, 0.1) is 6.61 Å². The van der Waals surface area contributed by atoms with E-state index in [4.69, 9.17) is 9.97 Å². The molecule has 5 heteroatoms. The van der Waals surface area contributed by atoms with Crippen LogP contribution in [0, 0.1) is 5.92 Å². The van der Waals surface area contributed by atoms with E-state index < -0.39 is 0 Å². The average Bonchev–Trinajstić information content (AvgIpc) is 2.75. The van der Waals surface area contributed by atoms with Crippen molar-refractivity contribution in [2.24, 2.45) is 5.92 Å². The van der Waals surface area contributed by atoms with Gasteiger partial charge in [0.2, 0.25) is 0 Å². The predicted molar refractivity (Wildman–Crippen MR) is 106 cm³/mol. The van der Waals surface area contributed by atoms with Crippen LogP contribution in [-0.2, 0) is 0 Å². The van der Waals surface area contributed by atoms with Crippen molar-refractivity contribution in [3.05, 3.63) is 42.0 Å². The van der Waals surface area contributed by atoms with Crippen molar-refractivity contribution in [1.29, 1.82) is 0 Å². The van der Waals surface area contributed by atoms with Crippen LogP contribution < -0.4 is 0 Å². The Hall–Kier alpha value is -1.85. The lowest BCUT2D eigenvalue weighted by Gasteiger charge is -2.49. The molecule has 144 valence electrons. The Balaban J connectivity index is 1.73. The second kappa shape index (κ2) is 8.03. The van der Waals surface area contributed by atoms with E-state index in [1.165, 1.54) is 17.8 Å². The average molecular weight is 367 g/mol. The fourth-order valence-electron chi connectivity index (χ4n) is 4.88. The molecule has 3 aliphatic heterocycles. The molecular weight excluding hydrogens is 336 g/mol. The van der Waals surface area contributed by atoms with Gasteiger partial charge in [0, 0.05) is 53.8 Å². The van der Waals surface area contributed by atoms with E-state index in [1.54, 1.807) is 0 Å². The van der Waals surface area contributed by atoms with Gasteiger partial charge in [-0.25, -0.2) is 9.97 Å². The maximum absolute atomic E-state index is 9.67. The largest absolute Gasteiger partial charge is 0.395 e. The van der Waals surface area contributed by atoms with E-state index in [-0.39, 0.29) is 6.61 Å². The topological polar surface area (TPSA) is 62.1 Å². The third-order valence-corrected chi connectivity index (χ3v) is 6.58. The normalized spacial score (nSPS) is 27.3. The molecule has 27 heavy (non-hydrogen) atoms. The molecule has 1 N–H and O–H groups in total. The molecule has 4 atom stereocenters. The third kappa shape index (κ3) is 3.63. The Labute approximate surface area is 161 Å². The second-order valence-corrected chi connectivity index (χ2v) is 8.01. The maximum Gasteiger partial charge on any atom is 0.159 e. The zero-order valence-electron chi connectivity index (χ0n) is 16.4. The van der Waals surface area contributed by atoms with Crippen LogP contribution >= 0.6 is 0 Å². The smallest absolute Gasteiger partial charge is 0.159 e. The van der Waals surface area contributed by atoms with Gasteiger partial charge in [0.15, 0.2) is 5.82 Å². The molecule has 3 aliphatic rings. The molecule has 0 spiro atoms. The van der Waals surface area contributed by atoms with Gasteiger partial charge in [-0.3, -0.25) is 9.88 Å². The molecule has 0 aliphatic carbocycles. The van der Waals surface area contributed by atoms with E-state index in [2.05, 4.69) is 29.8 Å². The Morgan fingerprint density at radius 3 is 2.59 bits per heavy atom. The van der Waals surface area contributed by atoms with Gasteiger partial charge in [-0.05, 0) is 56.3 Å². The maximum atomic E-state index is 9.67. The number of aliphatic hydroxyl groups excluding tert-OH is 1. The summed E-state index contributed by atoms with van der Waals surface area (Å²) in [5.41, 5.74) is 3.39. The minimum Gasteiger partial charge on any atom is -0.395 e. The molecule has 2 bridgehead atoms. The molecule has 5 nitrogen and oxygen atoms in total. The molecule has 0 amide bonds. The number of aliphatic hydroxyl groups is 1. The first-order valence-corrected chi connectivity index (χ1v) is 10.4. The van der Waals surface area contributed by atoms with Crippen molar-refractivity contribution < 1.29 is 5.11 Å². The van der Waals surface area contributed by atoms with Crippen molar-refractivity contribution in [2.45, 2.75) is 57.4 Å². The number of hydrogen-bond donors (Lipinski definition) is 1. The number of piperidine rings is 3. The monoisotopic (exact) mass is 366 g/mol. The highest BCUT2D eigenvalue weighted by Gasteiger charge is 2.41. The van der Waals surface area contributed by atoms with Crippen molar-refractivity contribution in [1.82, 2.24) is 19.9 Å². The number of nitrogens with zero attached hydrogens (tertiary/aromatic N) is 4. The van der Waals surface area contributed by atoms with Crippen LogP contribution in [0.5, 0.6) is 0 Å². The lowest BCUT2D eigenvalue weighted by Crippen LogP contribution is -2.53. The van der Waals surface area contributed by atoms with Crippen molar-refractivity contribution >= 4 is 0 Å². The molecule has 2 aromatic heterocycles. The third-order valence-electron chi connectivity index (χ3n) is 6.58. The lowest BCUT2D eigenvalue weighted by atomic mass is 9.74. The quantitative estimate of drug-likeness (QED) is 0.846. The van der Waals surface area contributed by atoms with Crippen molar-refractivity contribution in [2.75, 3.05) is 19.7 Å². The number of pyridine rings is 1. The Morgan fingerprint density at radius 2 is 1.96 bits per heavy atom. The molecule has 3 saturated heterocycles. The fraction of sp³-hybridized carbons (Fsp3) is 0.591. The molecular formula is C22H30N4O. The van der Waals surface area contributed by atoms with Crippen molar-refractivity contribution in [3.8, 4) is 11.4 Å². The van der Waals surface area contributed by atoms with E-state index >= 15 is 0 Å².